The standard InChI is InChI=1S/C28H46FN2O12PS2/c1-25(2,3)22(34)45-16-14-38-10-12-40-44(41-13-11-39-15-17-46-23(35)26(4,5)6)42-18-28(29)20(33)27(7,37)21(43-28)31-9-8-19(32)30-24(31)36/h8-9,20-21,33,37H,10-18H2,1-7H3,(H,30,32,36)/t20-,21+,27+,28+/m0/s1. The van der Waals surface area contributed by atoms with Crippen molar-refractivity contribution >= 4 is 42.4 Å². The largest absolute Gasteiger partial charge is 0.384 e. The van der Waals surface area contributed by atoms with Gasteiger partial charge in [-0.3, -0.25) is 23.9 Å². The summed E-state index contributed by atoms with van der Waals surface area (Å²) in [5, 5.41) is 21.6. The first kappa shape index (κ1) is 40.9. The van der Waals surface area contributed by atoms with Gasteiger partial charge in [-0.1, -0.05) is 65.1 Å². The van der Waals surface area contributed by atoms with Crippen LogP contribution in [0.25, 0.3) is 0 Å². The molecule has 0 aliphatic carbocycles. The Kier molecular flexibility index (Phi) is 16.0. The normalized spacial score (nSPS) is 23.7. The van der Waals surface area contributed by atoms with Crippen molar-refractivity contribution in [3.63, 3.8) is 0 Å². The fraction of sp³-hybridized carbons (Fsp3) is 0.786. The van der Waals surface area contributed by atoms with Crippen LogP contribution >= 0.6 is 32.1 Å². The number of nitrogens with one attached hydrogen (secondary N) is 1. The number of carbonyl (C=O) groups is 2. The Morgan fingerprint density at radius 3 is 1.91 bits per heavy atom. The van der Waals surface area contributed by atoms with Crippen molar-refractivity contribution in [1.29, 1.82) is 0 Å². The third kappa shape index (κ3) is 12.7. The molecule has 2 rings (SSSR count). The van der Waals surface area contributed by atoms with Crippen LogP contribution in [0.3, 0.4) is 0 Å². The van der Waals surface area contributed by atoms with Gasteiger partial charge < -0.3 is 38.0 Å². The molecule has 1 aliphatic heterocycles. The molecule has 14 nitrogen and oxygen atoms in total. The van der Waals surface area contributed by atoms with Gasteiger partial charge in [-0.25, -0.2) is 9.18 Å². The summed E-state index contributed by atoms with van der Waals surface area (Å²) in [6.45, 7) is 11.9. The van der Waals surface area contributed by atoms with E-state index >= 15 is 4.39 Å². The first-order valence-electron chi connectivity index (χ1n) is 14.6. The number of aliphatic hydroxyl groups excluding tert-OH is 1. The molecule has 0 amide bonds. The minimum atomic E-state index is -3.00. The summed E-state index contributed by atoms with van der Waals surface area (Å²) in [5.41, 5.74) is -4.91. The molecule has 46 heavy (non-hydrogen) atoms. The molecule has 0 saturated carbocycles. The van der Waals surface area contributed by atoms with Crippen molar-refractivity contribution in [3.8, 4) is 0 Å². The highest BCUT2D eigenvalue weighted by atomic mass is 32.2. The Morgan fingerprint density at radius 1 is 0.957 bits per heavy atom. The highest BCUT2D eigenvalue weighted by molar-refractivity contribution is 8.14. The summed E-state index contributed by atoms with van der Waals surface area (Å²) in [6.07, 6.45) is -2.87. The van der Waals surface area contributed by atoms with Crippen molar-refractivity contribution in [3.05, 3.63) is 33.1 Å². The number of hydrogen-bond donors (Lipinski definition) is 3. The number of ether oxygens (including phenoxy) is 3. The lowest BCUT2D eigenvalue weighted by atomic mass is 9.95. The molecule has 0 spiro atoms. The SMILES string of the molecule is CC(C)(C)C(=O)SCCOCCOP(OCCOCCSC(=O)C(C)(C)C)OC[C@@]1(F)O[C@@H](n2ccc(=O)[nH]c2=O)[C@](C)(O)[C@@H]1O. The first-order chi connectivity index (χ1) is 21.3. The van der Waals surface area contributed by atoms with Gasteiger partial charge in [0.05, 0.1) is 39.6 Å². The summed E-state index contributed by atoms with van der Waals surface area (Å²) in [5.74, 6) is -2.10. The van der Waals surface area contributed by atoms with Crippen LogP contribution in [0.4, 0.5) is 4.39 Å². The number of alkyl halides is 1. The topological polar surface area (TPSA) is 185 Å². The number of aromatic nitrogens is 2. The average Bonchev–Trinajstić information content (AvgIpc) is 3.13. The highest BCUT2D eigenvalue weighted by Gasteiger charge is 2.63. The molecule has 0 bridgehead atoms. The molecular formula is C28H46FN2O12PS2. The Hall–Kier alpha value is -1.24. The number of nitrogens with zero attached hydrogens (tertiary/aromatic N) is 1. The fourth-order valence-corrected chi connectivity index (χ4v) is 6.21. The molecule has 1 aromatic rings. The van der Waals surface area contributed by atoms with Crippen molar-refractivity contribution < 1.29 is 52.0 Å². The zero-order valence-corrected chi connectivity index (χ0v) is 29.8. The highest BCUT2D eigenvalue weighted by Crippen LogP contribution is 2.48. The monoisotopic (exact) mass is 716 g/mol. The number of thioether (sulfide) groups is 2. The molecule has 1 fully saturated rings. The Bertz CT molecular complexity index is 1210. The van der Waals surface area contributed by atoms with E-state index in [1.54, 1.807) is 0 Å². The van der Waals surface area contributed by atoms with Crippen molar-refractivity contribution in [2.45, 2.75) is 72.3 Å². The number of halogens is 1. The maximum atomic E-state index is 15.9. The Labute approximate surface area is 277 Å². The minimum Gasteiger partial charge on any atom is -0.384 e. The van der Waals surface area contributed by atoms with E-state index in [4.69, 9.17) is 27.8 Å². The molecule has 0 radical (unpaired) electrons. The van der Waals surface area contributed by atoms with E-state index in [0.717, 1.165) is 23.8 Å². The lowest BCUT2D eigenvalue weighted by Gasteiger charge is -2.28. The summed E-state index contributed by atoms with van der Waals surface area (Å²) < 4.78 is 49.7. The van der Waals surface area contributed by atoms with E-state index < -0.39 is 61.1 Å². The van der Waals surface area contributed by atoms with Gasteiger partial charge in [0.1, 0.15) is 18.3 Å². The zero-order chi connectivity index (χ0) is 34.8. The van der Waals surface area contributed by atoms with E-state index in [9.17, 15) is 29.4 Å². The number of aliphatic hydroxyl groups is 2. The van der Waals surface area contributed by atoms with Crippen LogP contribution in [0.15, 0.2) is 21.9 Å². The third-order valence-electron chi connectivity index (χ3n) is 6.24. The van der Waals surface area contributed by atoms with Crippen molar-refractivity contribution in [2.75, 3.05) is 57.8 Å². The number of rotatable bonds is 18. The number of H-pyrrole nitrogens is 1. The van der Waals surface area contributed by atoms with E-state index in [0.29, 0.717) is 11.5 Å². The maximum absolute atomic E-state index is 15.9. The molecule has 0 aromatic carbocycles. The van der Waals surface area contributed by atoms with Gasteiger partial charge in [0.15, 0.2) is 16.5 Å². The van der Waals surface area contributed by atoms with Gasteiger partial charge in [-0.05, 0) is 6.92 Å². The average molecular weight is 717 g/mol. The van der Waals surface area contributed by atoms with E-state index in [-0.39, 0.29) is 49.9 Å². The predicted octanol–water partition coefficient (Wildman–Crippen LogP) is 2.76. The number of aromatic amines is 1. The van der Waals surface area contributed by atoms with Gasteiger partial charge in [-0.15, -0.1) is 0 Å². The van der Waals surface area contributed by atoms with Crippen LogP contribution in [0.2, 0.25) is 0 Å². The Morgan fingerprint density at radius 2 is 1.46 bits per heavy atom. The van der Waals surface area contributed by atoms with Crippen LogP contribution in [0.5, 0.6) is 0 Å². The second-order valence-electron chi connectivity index (χ2n) is 12.6. The first-order valence-corrected chi connectivity index (χ1v) is 17.6. The van der Waals surface area contributed by atoms with Gasteiger partial charge in [-0.2, -0.15) is 0 Å². The van der Waals surface area contributed by atoms with Gasteiger partial charge in [0, 0.05) is 34.6 Å². The molecule has 3 N–H and O–H groups in total. The summed E-state index contributed by atoms with van der Waals surface area (Å²) in [4.78, 5) is 49.7. The quantitative estimate of drug-likeness (QED) is 0.149. The molecule has 4 atom stereocenters. The zero-order valence-electron chi connectivity index (χ0n) is 27.2. The number of carbonyl (C=O) groups excluding carboxylic acids is 2. The second kappa shape index (κ2) is 18.0. The molecular weight excluding hydrogens is 670 g/mol. The van der Waals surface area contributed by atoms with E-state index in [1.807, 2.05) is 46.5 Å². The molecule has 1 aromatic heterocycles. The van der Waals surface area contributed by atoms with Gasteiger partial charge in [0.25, 0.3) is 11.4 Å². The third-order valence-corrected chi connectivity index (χ3v) is 9.85. The fourth-order valence-electron chi connectivity index (χ4n) is 3.62. The van der Waals surface area contributed by atoms with E-state index in [1.165, 1.54) is 23.5 Å². The van der Waals surface area contributed by atoms with E-state index in [2.05, 4.69) is 0 Å². The van der Waals surface area contributed by atoms with Crippen LogP contribution in [0, 0.1) is 10.8 Å². The second-order valence-corrected chi connectivity index (χ2v) is 15.9. The lowest BCUT2D eigenvalue weighted by Crippen LogP contribution is -2.50. The smallest absolute Gasteiger partial charge is 0.333 e. The van der Waals surface area contributed by atoms with Crippen LogP contribution in [-0.2, 0) is 37.4 Å². The van der Waals surface area contributed by atoms with Crippen LogP contribution in [-0.4, -0.2) is 105 Å². The minimum absolute atomic E-state index is 0.0220. The molecule has 264 valence electrons. The predicted molar refractivity (Wildman–Crippen MR) is 172 cm³/mol. The van der Waals surface area contributed by atoms with Crippen molar-refractivity contribution in [2.24, 2.45) is 10.8 Å². The molecule has 0 unspecified atom stereocenters. The van der Waals surface area contributed by atoms with Crippen molar-refractivity contribution in [1.82, 2.24) is 9.55 Å². The lowest BCUT2D eigenvalue weighted by molar-refractivity contribution is -0.204. The Balaban J connectivity index is 1.93. The molecule has 1 saturated heterocycles. The summed E-state index contributed by atoms with van der Waals surface area (Å²) in [6, 6.07) is 0.981. The molecule has 1 aliphatic rings. The van der Waals surface area contributed by atoms with Gasteiger partial charge in [0.2, 0.25) is 0 Å². The van der Waals surface area contributed by atoms with Crippen LogP contribution in [0.1, 0.15) is 54.7 Å². The molecule has 2 heterocycles. The molecule has 18 heteroatoms. The van der Waals surface area contributed by atoms with Crippen LogP contribution < -0.4 is 11.2 Å². The number of hydrogen-bond acceptors (Lipinski definition) is 14. The van der Waals surface area contributed by atoms with Gasteiger partial charge >= 0.3 is 14.3 Å². The summed E-state index contributed by atoms with van der Waals surface area (Å²) in [7, 11) is -2.25. The maximum Gasteiger partial charge on any atom is 0.333 e. The summed E-state index contributed by atoms with van der Waals surface area (Å²) >= 11 is 2.34.